The summed E-state index contributed by atoms with van der Waals surface area (Å²) in [6, 6.07) is 4.27. The van der Waals surface area contributed by atoms with Crippen molar-refractivity contribution >= 4 is 29.2 Å². The molecule has 136 valence electrons. The van der Waals surface area contributed by atoms with E-state index in [-0.39, 0.29) is 23.7 Å². The Morgan fingerprint density at radius 3 is 2.36 bits per heavy atom. The number of hydrogen-bond acceptors (Lipinski definition) is 6. The van der Waals surface area contributed by atoms with Gasteiger partial charge in [0.2, 0.25) is 11.8 Å². The van der Waals surface area contributed by atoms with E-state index in [1.165, 1.54) is 47.1 Å². The molecule has 0 aliphatic carbocycles. The maximum Gasteiger partial charge on any atom is 0.331 e. The van der Waals surface area contributed by atoms with Gasteiger partial charge in [0.1, 0.15) is 11.2 Å². The molecule has 1 unspecified atom stereocenters. The molecule has 1 N–H and O–H groups in total. The average Bonchev–Trinajstić information content (AvgIpc) is 2.52. The Balaban J connectivity index is 3.31. The van der Waals surface area contributed by atoms with Crippen LogP contribution in [-0.2, 0) is 25.5 Å². The Bertz CT molecular complexity index is 718. The van der Waals surface area contributed by atoms with Crippen molar-refractivity contribution in [1.29, 1.82) is 0 Å². The van der Waals surface area contributed by atoms with E-state index in [0.29, 0.717) is 5.56 Å². The summed E-state index contributed by atoms with van der Waals surface area (Å²) in [5.41, 5.74) is -1.07. The highest BCUT2D eigenvalue weighted by molar-refractivity contribution is 5.93. The number of methoxy groups -OCH3 is 1. The Labute approximate surface area is 145 Å². The Morgan fingerprint density at radius 1 is 1.32 bits per heavy atom. The van der Waals surface area contributed by atoms with E-state index in [2.05, 4.69) is 5.32 Å². The molecule has 0 spiro atoms. The van der Waals surface area contributed by atoms with Crippen LogP contribution in [0, 0.1) is 10.1 Å². The lowest BCUT2D eigenvalue weighted by Gasteiger charge is -2.27. The number of nitro groups is 1. The van der Waals surface area contributed by atoms with Crippen LogP contribution in [-0.4, -0.2) is 42.4 Å². The molecule has 0 fully saturated rings. The molecule has 9 nitrogen and oxygen atoms in total. The predicted molar refractivity (Wildman–Crippen MR) is 90.1 cm³/mol. The van der Waals surface area contributed by atoms with Crippen molar-refractivity contribution in [3.63, 3.8) is 0 Å². The normalized spacial score (nSPS) is 12.7. The number of ether oxygens (including phenoxy) is 1. The molecule has 0 radical (unpaired) electrons. The van der Waals surface area contributed by atoms with E-state index >= 15 is 0 Å². The van der Waals surface area contributed by atoms with Crippen molar-refractivity contribution < 1.29 is 24.0 Å². The summed E-state index contributed by atoms with van der Waals surface area (Å²) in [7, 11) is 2.62. The van der Waals surface area contributed by atoms with Gasteiger partial charge in [-0.05, 0) is 18.6 Å². The van der Waals surface area contributed by atoms with Crippen molar-refractivity contribution in [2.24, 2.45) is 0 Å². The largest absolute Gasteiger partial charge is 0.467 e. The molecule has 0 saturated heterocycles. The monoisotopic (exact) mass is 351 g/mol. The average molecular weight is 351 g/mol. The van der Waals surface area contributed by atoms with Crippen molar-refractivity contribution in [2.75, 3.05) is 19.1 Å². The van der Waals surface area contributed by atoms with Crippen LogP contribution in [0.5, 0.6) is 0 Å². The summed E-state index contributed by atoms with van der Waals surface area (Å²) in [4.78, 5) is 46.8. The number of nitrogens with zero attached hydrogens (tertiary/aromatic N) is 2. The maximum absolute atomic E-state index is 12.0. The molecule has 9 heteroatoms. The lowest BCUT2D eigenvalue weighted by Crippen LogP contribution is -2.53. The highest BCUT2D eigenvalue weighted by Crippen LogP contribution is 2.30. The molecule has 0 aliphatic heterocycles. The molecular formula is C16H21N3O6. The van der Waals surface area contributed by atoms with Gasteiger partial charge in [-0.1, -0.05) is 6.07 Å². The molecule has 0 aliphatic rings. The maximum atomic E-state index is 12.0. The van der Waals surface area contributed by atoms with Gasteiger partial charge in [-0.2, -0.15) is 0 Å². The van der Waals surface area contributed by atoms with Crippen LogP contribution in [0.15, 0.2) is 18.2 Å². The van der Waals surface area contributed by atoms with Crippen molar-refractivity contribution in [1.82, 2.24) is 5.32 Å². The lowest BCUT2D eigenvalue weighted by atomic mass is 9.92. The third kappa shape index (κ3) is 4.75. The van der Waals surface area contributed by atoms with Crippen LogP contribution < -0.4 is 10.2 Å². The second-order valence-electron chi connectivity index (χ2n) is 5.84. The second-order valence-corrected chi connectivity index (χ2v) is 5.84. The number of carbonyl (C=O) groups is 3. The van der Waals surface area contributed by atoms with Gasteiger partial charge in [0.25, 0.3) is 5.69 Å². The van der Waals surface area contributed by atoms with Crippen molar-refractivity contribution in [3.8, 4) is 0 Å². The Kier molecular flexibility index (Phi) is 6.21. The van der Waals surface area contributed by atoms with Crippen LogP contribution in [0.4, 0.5) is 11.4 Å². The first-order chi connectivity index (χ1) is 11.5. The number of hydrogen-bond donors (Lipinski definition) is 1. The summed E-state index contributed by atoms with van der Waals surface area (Å²) in [5, 5.41) is 13.9. The standard InChI is InChI=1S/C16H21N3O6/c1-10(20)17-16(3,15(22)25-5)9-12-6-7-13(18(4)11(2)21)14(8-12)19(23)24/h6-8H,9H2,1-5H3,(H,17,20). The number of amides is 2. The Hall–Kier alpha value is -2.97. The first kappa shape index (κ1) is 20.1. The minimum atomic E-state index is -1.37. The van der Waals surface area contributed by atoms with Crippen LogP contribution in [0.1, 0.15) is 26.3 Å². The molecule has 0 saturated carbocycles. The number of carbonyl (C=O) groups excluding carboxylic acids is 3. The van der Waals surface area contributed by atoms with Gasteiger partial charge in [-0.25, -0.2) is 4.79 Å². The number of anilines is 1. The van der Waals surface area contributed by atoms with Gasteiger partial charge in [-0.3, -0.25) is 19.7 Å². The van der Waals surface area contributed by atoms with E-state index in [9.17, 15) is 24.5 Å². The number of rotatable bonds is 6. The molecule has 0 aromatic heterocycles. The fourth-order valence-corrected chi connectivity index (χ4v) is 2.47. The van der Waals surface area contributed by atoms with Crippen LogP contribution in [0.3, 0.4) is 0 Å². The topological polar surface area (TPSA) is 119 Å². The van der Waals surface area contributed by atoms with Crippen LogP contribution in [0.25, 0.3) is 0 Å². The molecule has 25 heavy (non-hydrogen) atoms. The van der Waals surface area contributed by atoms with E-state index in [0.717, 1.165) is 4.90 Å². The number of benzene rings is 1. The zero-order valence-corrected chi connectivity index (χ0v) is 14.8. The predicted octanol–water partition coefficient (Wildman–Crippen LogP) is 1.19. The summed E-state index contributed by atoms with van der Waals surface area (Å²) in [6.45, 7) is 4.03. The van der Waals surface area contributed by atoms with Crippen molar-refractivity contribution in [3.05, 3.63) is 33.9 Å². The van der Waals surface area contributed by atoms with E-state index < -0.39 is 22.3 Å². The minimum Gasteiger partial charge on any atom is -0.467 e. The van der Waals surface area contributed by atoms with Crippen LogP contribution >= 0.6 is 0 Å². The quantitative estimate of drug-likeness (QED) is 0.467. The van der Waals surface area contributed by atoms with E-state index in [1.54, 1.807) is 6.07 Å². The van der Waals surface area contributed by atoms with E-state index in [4.69, 9.17) is 4.74 Å². The van der Waals surface area contributed by atoms with Crippen LogP contribution in [0.2, 0.25) is 0 Å². The zero-order valence-electron chi connectivity index (χ0n) is 14.8. The molecule has 0 heterocycles. The highest BCUT2D eigenvalue weighted by Gasteiger charge is 2.36. The summed E-state index contributed by atoms with van der Waals surface area (Å²) < 4.78 is 4.72. The second kappa shape index (κ2) is 7.73. The molecule has 1 rings (SSSR count). The zero-order chi connectivity index (χ0) is 19.4. The van der Waals surface area contributed by atoms with Gasteiger partial charge in [0, 0.05) is 33.4 Å². The third-order valence-corrected chi connectivity index (χ3v) is 3.72. The summed E-state index contributed by atoms with van der Waals surface area (Å²) in [6.07, 6.45) is -0.00976. The molecular weight excluding hydrogens is 330 g/mol. The number of nitrogens with one attached hydrogen (secondary N) is 1. The summed E-state index contributed by atoms with van der Waals surface area (Å²) >= 11 is 0. The first-order valence-electron chi connectivity index (χ1n) is 7.40. The minimum absolute atomic E-state index is 0.00976. The number of nitro benzene ring substituents is 1. The molecule has 1 aromatic rings. The number of esters is 1. The fourth-order valence-electron chi connectivity index (χ4n) is 2.47. The van der Waals surface area contributed by atoms with Gasteiger partial charge in [0.15, 0.2) is 0 Å². The molecule has 2 amide bonds. The van der Waals surface area contributed by atoms with E-state index in [1.807, 2.05) is 0 Å². The lowest BCUT2D eigenvalue weighted by molar-refractivity contribution is -0.384. The summed E-state index contributed by atoms with van der Waals surface area (Å²) in [5.74, 6) is -1.46. The van der Waals surface area contributed by atoms with Crippen molar-refractivity contribution in [2.45, 2.75) is 32.7 Å². The highest BCUT2D eigenvalue weighted by atomic mass is 16.6. The Morgan fingerprint density at radius 2 is 1.92 bits per heavy atom. The SMILES string of the molecule is COC(=O)C(C)(Cc1ccc(N(C)C(C)=O)c([N+](=O)[O-])c1)NC(C)=O. The first-order valence-corrected chi connectivity index (χ1v) is 7.40. The molecule has 0 bridgehead atoms. The smallest absolute Gasteiger partial charge is 0.331 e. The molecule has 1 aromatic carbocycles. The fraction of sp³-hybridized carbons (Fsp3) is 0.438. The van der Waals surface area contributed by atoms with Gasteiger partial charge < -0.3 is 15.0 Å². The van der Waals surface area contributed by atoms with Gasteiger partial charge >= 0.3 is 5.97 Å². The van der Waals surface area contributed by atoms with Gasteiger partial charge in [-0.15, -0.1) is 0 Å². The van der Waals surface area contributed by atoms with Gasteiger partial charge in [0.05, 0.1) is 12.0 Å². The third-order valence-electron chi connectivity index (χ3n) is 3.72. The molecule has 1 atom stereocenters.